The second-order valence-corrected chi connectivity index (χ2v) is 3.46. The van der Waals surface area contributed by atoms with Gasteiger partial charge >= 0.3 is 0 Å². The molecule has 58 valence electrons. The average molecular weight is 167 g/mol. The Hall–Kier alpha value is -0.850. The monoisotopic (exact) mass is 167 g/mol. The average Bonchev–Trinajstić information content (AvgIpc) is 2.34. The third-order valence-corrected chi connectivity index (χ3v) is 2.24. The summed E-state index contributed by atoms with van der Waals surface area (Å²) in [5.74, 6) is 0. The first kappa shape index (κ1) is 8.25. The number of aliphatic hydroxyl groups is 1. The van der Waals surface area contributed by atoms with E-state index in [1.807, 2.05) is 12.1 Å². The van der Waals surface area contributed by atoms with Gasteiger partial charge in [0.15, 0.2) is 0 Å². The topological polar surface area (TPSA) is 44.0 Å². The Morgan fingerprint density at radius 3 is 3.00 bits per heavy atom. The van der Waals surface area contributed by atoms with Gasteiger partial charge in [-0.25, -0.2) is 0 Å². The quantitative estimate of drug-likeness (QED) is 0.726. The molecule has 0 saturated carbocycles. The molecule has 0 aliphatic carbocycles. The third-order valence-electron chi connectivity index (χ3n) is 1.28. The fourth-order valence-electron chi connectivity index (χ4n) is 0.837. The molecule has 0 aliphatic rings. The number of nitrogens with zero attached hydrogens (tertiary/aromatic N) is 1. The van der Waals surface area contributed by atoms with Crippen LogP contribution in [0.15, 0.2) is 11.4 Å². The standard InChI is InChI=1S/C8H9NOS/c1-6(10)2-8-3-7(4-9)5-11-8/h3,5-6,10H,2H2,1H3/t6-/m0/s1. The van der Waals surface area contributed by atoms with Crippen LogP contribution in [0.5, 0.6) is 0 Å². The number of nitriles is 1. The maximum absolute atomic E-state index is 9.01. The van der Waals surface area contributed by atoms with E-state index < -0.39 is 0 Å². The first-order valence-corrected chi connectivity index (χ1v) is 4.26. The van der Waals surface area contributed by atoms with Gasteiger partial charge in [-0.2, -0.15) is 5.26 Å². The highest BCUT2D eigenvalue weighted by Crippen LogP contribution is 2.15. The summed E-state index contributed by atoms with van der Waals surface area (Å²) in [6.45, 7) is 1.74. The number of hydrogen-bond acceptors (Lipinski definition) is 3. The van der Waals surface area contributed by atoms with Crippen molar-refractivity contribution in [2.45, 2.75) is 19.4 Å². The van der Waals surface area contributed by atoms with Crippen LogP contribution in [0.25, 0.3) is 0 Å². The highest BCUT2D eigenvalue weighted by Gasteiger charge is 2.01. The Balaban J connectivity index is 2.67. The maximum Gasteiger partial charge on any atom is 0.100 e. The molecule has 11 heavy (non-hydrogen) atoms. The van der Waals surface area contributed by atoms with Gasteiger partial charge in [-0.1, -0.05) is 0 Å². The zero-order chi connectivity index (χ0) is 8.27. The van der Waals surface area contributed by atoms with Crippen molar-refractivity contribution in [2.24, 2.45) is 0 Å². The Morgan fingerprint density at radius 2 is 2.55 bits per heavy atom. The number of rotatable bonds is 2. The SMILES string of the molecule is C[C@H](O)Cc1cc(C#N)cs1. The molecular weight excluding hydrogens is 158 g/mol. The minimum atomic E-state index is -0.319. The minimum absolute atomic E-state index is 0.319. The molecule has 2 nitrogen and oxygen atoms in total. The minimum Gasteiger partial charge on any atom is -0.393 e. The number of thiophene rings is 1. The van der Waals surface area contributed by atoms with Crippen LogP contribution in [0.1, 0.15) is 17.4 Å². The predicted molar refractivity (Wildman–Crippen MR) is 44.4 cm³/mol. The second kappa shape index (κ2) is 3.51. The molecule has 0 radical (unpaired) electrons. The highest BCUT2D eigenvalue weighted by molar-refractivity contribution is 7.10. The summed E-state index contributed by atoms with van der Waals surface area (Å²) >= 11 is 1.52. The van der Waals surface area contributed by atoms with Crippen LogP contribution in [0.2, 0.25) is 0 Å². The number of hydrogen-bond donors (Lipinski definition) is 1. The zero-order valence-electron chi connectivity index (χ0n) is 6.24. The fraction of sp³-hybridized carbons (Fsp3) is 0.375. The smallest absolute Gasteiger partial charge is 0.100 e. The largest absolute Gasteiger partial charge is 0.393 e. The Bertz CT molecular complexity index is 272. The van der Waals surface area contributed by atoms with Crippen molar-refractivity contribution >= 4 is 11.3 Å². The van der Waals surface area contributed by atoms with Gasteiger partial charge in [0.1, 0.15) is 6.07 Å². The van der Waals surface area contributed by atoms with Crippen molar-refractivity contribution in [2.75, 3.05) is 0 Å². The van der Waals surface area contributed by atoms with E-state index in [0.29, 0.717) is 12.0 Å². The molecule has 1 heterocycles. The van der Waals surface area contributed by atoms with Crippen molar-refractivity contribution in [3.63, 3.8) is 0 Å². The molecule has 1 rings (SSSR count). The van der Waals surface area contributed by atoms with Crippen LogP contribution in [-0.4, -0.2) is 11.2 Å². The van der Waals surface area contributed by atoms with E-state index in [4.69, 9.17) is 10.4 Å². The molecular formula is C8H9NOS. The molecule has 1 aromatic heterocycles. The summed E-state index contributed by atoms with van der Waals surface area (Å²) in [6.07, 6.45) is 0.326. The van der Waals surface area contributed by atoms with Crippen LogP contribution in [0, 0.1) is 11.3 Å². The first-order valence-electron chi connectivity index (χ1n) is 3.38. The molecule has 0 saturated heterocycles. The molecule has 0 spiro atoms. The van der Waals surface area contributed by atoms with E-state index in [-0.39, 0.29) is 6.10 Å². The van der Waals surface area contributed by atoms with Crippen molar-refractivity contribution in [3.05, 3.63) is 21.9 Å². The highest BCUT2D eigenvalue weighted by atomic mass is 32.1. The number of aliphatic hydroxyl groups excluding tert-OH is 1. The van der Waals surface area contributed by atoms with E-state index in [1.165, 1.54) is 11.3 Å². The van der Waals surface area contributed by atoms with Crippen molar-refractivity contribution in [3.8, 4) is 6.07 Å². The van der Waals surface area contributed by atoms with Crippen LogP contribution in [0.4, 0.5) is 0 Å². The van der Waals surface area contributed by atoms with E-state index in [9.17, 15) is 0 Å². The van der Waals surface area contributed by atoms with Gasteiger partial charge < -0.3 is 5.11 Å². The lowest BCUT2D eigenvalue weighted by Crippen LogP contribution is -2.01. The van der Waals surface area contributed by atoms with Gasteiger partial charge in [0.25, 0.3) is 0 Å². The van der Waals surface area contributed by atoms with E-state index in [2.05, 4.69) is 0 Å². The lowest BCUT2D eigenvalue weighted by molar-refractivity contribution is 0.196. The molecule has 1 atom stereocenters. The van der Waals surface area contributed by atoms with Crippen LogP contribution >= 0.6 is 11.3 Å². The molecule has 0 unspecified atom stereocenters. The molecule has 0 aromatic carbocycles. The van der Waals surface area contributed by atoms with Gasteiger partial charge in [-0.15, -0.1) is 11.3 Å². The molecule has 1 aromatic rings. The van der Waals surface area contributed by atoms with E-state index in [0.717, 1.165) is 4.88 Å². The summed E-state index contributed by atoms with van der Waals surface area (Å²) < 4.78 is 0. The predicted octanol–water partition coefficient (Wildman–Crippen LogP) is 1.54. The third kappa shape index (κ3) is 2.34. The molecule has 0 aliphatic heterocycles. The van der Waals surface area contributed by atoms with Gasteiger partial charge in [-0.05, 0) is 13.0 Å². The van der Waals surface area contributed by atoms with Gasteiger partial charge in [0, 0.05) is 16.7 Å². The first-order chi connectivity index (χ1) is 5.22. The molecule has 3 heteroatoms. The molecule has 0 amide bonds. The van der Waals surface area contributed by atoms with Gasteiger partial charge in [0.2, 0.25) is 0 Å². The van der Waals surface area contributed by atoms with E-state index in [1.54, 1.807) is 12.3 Å². The Morgan fingerprint density at radius 1 is 1.82 bits per heavy atom. The summed E-state index contributed by atoms with van der Waals surface area (Å²) in [5, 5.41) is 19.3. The molecule has 0 bridgehead atoms. The normalized spacial score (nSPS) is 12.5. The lowest BCUT2D eigenvalue weighted by atomic mass is 10.2. The second-order valence-electron chi connectivity index (χ2n) is 2.47. The van der Waals surface area contributed by atoms with Crippen LogP contribution in [0.3, 0.4) is 0 Å². The Kier molecular flexibility index (Phi) is 2.64. The maximum atomic E-state index is 9.01. The fourth-order valence-corrected chi connectivity index (χ4v) is 1.77. The molecule has 1 N–H and O–H groups in total. The van der Waals surface area contributed by atoms with Gasteiger partial charge in [0.05, 0.1) is 11.7 Å². The van der Waals surface area contributed by atoms with Crippen molar-refractivity contribution < 1.29 is 5.11 Å². The zero-order valence-corrected chi connectivity index (χ0v) is 7.06. The molecule has 0 fully saturated rings. The summed E-state index contributed by atoms with van der Waals surface area (Å²) in [6, 6.07) is 3.87. The van der Waals surface area contributed by atoms with Crippen molar-refractivity contribution in [1.29, 1.82) is 5.26 Å². The summed E-state index contributed by atoms with van der Waals surface area (Å²) in [7, 11) is 0. The Labute approximate surface area is 69.7 Å². The van der Waals surface area contributed by atoms with Crippen molar-refractivity contribution in [1.82, 2.24) is 0 Å². The van der Waals surface area contributed by atoms with Crippen LogP contribution in [-0.2, 0) is 6.42 Å². The summed E-state index contributed by atoms with van der Waals surface area (Å²) in [5.41, 5.74) is 0.686. The summed E-state index contributed by atoms with van der Waals surface area (Å²) in [4.78, 5) is 1.07. The van der Waals surface area contributed by atoms with Crippen LogP contribution < -0.4 is 0 Å². The van der Waals surface area contributed by atoms with E-state index >= 15 is 0 Å². The van der Waals surface area contributed by atoms with Gasteiger partial charge in [-0.3, -0.25) is 0 Å². The lowest BCUT2D eigenvalue weighted by Gasteiger charge is -1.98.